The van der Waals surface area contributed by atoms with Gasteiger partial charge in [0.15, 0.2) is 0 Å². The van der Waals surface area contributed by atoms with E-state index in [9.17, 15) is 5.11 Å². The quantitative estimate of drug-likeness (QED) is 0.864. The topological polar surface area (TPSA) is 32.7 Å². The Morgan fingerprint density at radius 1 is 1.41 bits per heavy atom. The first-order valence-corrected chi connectivity index (χ1v) is 6.08. The lowest BCUT2D eigenvalue weighted by Gasteiger charge is -2.27. The van der Waals surface area contributed by atoms with Gasteiger partial charge >= 0.3 is 0 Å². The molecule has 0 aromatic heterocycles. The van der Waals surface area contributed by atoms with E-state index >= 15 is 0 Å². The van der Waals surface area contributed by atoms with Gasteiger partial charge in [-0.1, -0.05) is 18.2 Å². The number of hydrogen-bond acceptors (Lipinski definition) is 3. The van der Waals surface area contributed by atoms with Crippen LogP contribution in [0.4, 0.5) is 0 Å². The van der Waals surface area contributed by atoms with Crippen molar-refractivity contribution < 1.29 is 9.84 Å². The summed E-state index contributed by atoms with van der Waals surface area (Å²) >= 11 is 0. The van der Waals surface area contributed by atoms with E-state index in [1.165, 1.54) is 5.56 Å². The molecule has 1 aromatic rings. The maximum Gasteiger partial charge on any atom is 0.122 e. The van der Waals surface area contributed by atoms with Gasteiger partial charge in [0.1, 0.15) is 5.75 Å². The van der Waals surface area contributed by atoms with Crippen molar-refractivity contribution in [3.8, 4) is 5.75 Å². The zero-order chi connectivity index (χ0) is 12.5. The smallest absolute Gasteiger partial charge is 0.122 e. The molecule has 0 amide bonds. The number of para-hydroxylation sites is 1. The zero-order valence-corrected chi connectivity index (χ0v) is 10.8. The van der Waals surface area contributed by atoms with E-state index in [4.69, 9.17) is 4.74 Å². The number of rotatable bonds is 4. The normalized spacial score (nSPS) is 19.2. The molecule has 0 saturated carbocycles. The number of fused-ring (bicyclic) bond motifs is 1. The molecule has 0 spiro atoms. The molecular weight excluding hydrogens is 214 g/mol. The van der Waals surface area contributed by atoms with E-state index in [1.807, 2.05) is 33.0 Å². The van der Waals surface area contributed by atoms with E-state index < -0.39 is 5.60 Å². The largest absolute Gasteiger partial charge is 0.493 e. The molecule has 3 nitrogen and oxygen atoms in total. The monoisotopic (exact) mass is 235 g/mol. The van der Waals surface area contributed by atoms with Gasteiger partial charge in [0, 0.05) is 24.6 Å². The van der Waals surface area contributed by atoms with Gasteiger partial charge in [0.2, 0.25) is 0 Å². The molecule has 1 unspecified atom stereocenters. The summed E-state index contributed by atoms with van der Waals surface area (Å²) in [6.07, 6.45) is 0. The van der Waals surface area contributed by atoms with Gasteiger partial charge in [-0.15, -0.1) is 0 Å². The second-order valence-electron chi connectivity index (χ2n) is 5.55. The van der Waals surface area contributed by atoms with Crippen molar-refractivity contribution in [2.75, 3.05) is 26.7 Å². The second kappa shape index (κ2) is 4.67. The summed E-state index contributed by atoms with van der Waals surface area (Å²) in [5.41, 5.74) is 0.642. The molecule has 1 N–H and O–H groups in total. The van der Waals surface area contributed by atoms with Crippen molar-refractivity contribution in [1.82, 2.24) is 4.90 Å². The lowest BCUT2D eigenvalue weighted by molar-refractivity contribution is 0.0423. The Morgan fingerprint density at radius 2 is 2.12 bits per heavy atom. The average molecular weight is 235 g/mol. The van der Waals surface area contributed by atoms with Crippen molar-refractivity contribution in [2.45, 2.75) is 25.4 Å². The number of aliphatic hydroxyl groups is 1. The van der Waals surface area contributed by atoms with Gasteiger partial charge in [-0.3, -0.25) is 0 Å². The zero-order valence-electron chi connectivity index (χ0n) is 10.8. The minimum absolute atomic E-state index is 0.415. The van der Waals surface area contributed by atoms with Crippen molar-refractivity contribution in [1.29, 1.82) is 0 Å². The maximum absolute atomic E-state index is 9.78. The summed E-state index contributed by atoms with van der Waals surface area (Å²) in [6.45, 7) is 6.01. The lowest BCUT2D eigenvalue weighted by Crippen LogP contribution is -2.38. The van der Waals surface area contributed by atoms with E-state index in [0.717, 1.165) is 18.9 Å². The first kappa shape index (κ1) is 12.4. The SMILES string of the molecule is CN(CC1COc2ccccc21)CC(C)(C)O. The number of likely N-dealkylation sites (N-methyl/N-ethyl adjacent to an activating group) is 1. The van der Waals surface area contributed by atoms with E-state index in [2.05, 4.69) is 17.0 Å². The van der Waals surface area contributed by atoms with Gasteiger partial charge in [-0.05, 0) is 27.0 Å². The molecule has 3 heteroatoms. The van der Waals surface area contributed by atoms with Gasteiger partial charge in [-0.2, -0.15) is 0 Å². The van der Waals surface area contributed by atoms with Crippen molar-refractivity contribution >= 4 is 0 Å². The fourth-order valence-corrected chi connectivity index (χ4v) is 2.48. The Hall–Kier alpha value is -1.06. The molecule has 1 heterocycles. The molecule has 2 rings (SSSR count). The Balaban J connectivity index is 1.98. The average Bonchev–Trinajstić information content (AvgIpc) is 2.59. The van der Waals surface area contributed by atoms with Crippen LogP contribution in [0.5, 0.6) is 5.75 Å². The third-order valence-electron chi connectivity index (χ3n) is 2.99. The first-order valence-electron chi connectivity index (χ1n) is 6.08. The first-order chi connectivity index (χ1) is 7.96. The maximum atomic E-state index is 9.78. The number of ether oxygens (including phenoxy) is 1. The second-order valence-corrected chi connectivity index (χ2v) is 5.55. The molecule has 94 valence electrons. The molecular formula is C14H21NO2. The molecule has 17 heavy (non-hydrogen) atoms. The highest BCUT2D eigenvalue weighted by Gasteiger charge is 2.26. The van der Waals surface area contributed by atoms with Crippen LogP contribution in [0.3, 0.4) is 0 Å². The highest BCUT2D eigenvalue weighted by Crippen LogP contribution is 2.33. The third-order valence-corrected chi connectivity index (χ3v) is 2.99. The lowest BCUT2D eigenvalue weighted by atomic mass is 10.0. The summed E-state index contributed by atoms with van der Waals surface area (Å²) in [7, 11) is 2.04. The van der Waals surface area contributed by atoms with Crippen LogP contribution in [0.1, 0.15) is 25.3 Å². The Labute approximate surface area is 103 Å². The summed E-state index contributed by atoms with van der Waals surface area (Å²) in [6, 6.07) is 8.20. The van der Waals surface area contributed by atoms with Crippen molar-refractivity contribution in [3.63, 3.8) is 0 Å². The minimum atomic E-state index is -0.645. The van der Waals surface area contributed by atoms with Crippen LogP contribution in [-0.2, 0) is 0 Å². The van der Waals surface area contributed by atoms with Crippen LogP contribution in [0.2, 0.25) is 0 Å². The fraction of sp³-hybridized carbons (Fsp3) is 0.571. The third kappa shape index (κ3) is 3.20. The van der Waals surface area contributed by atoms with Gasteiger partial charge in [0.25, 0.3) is 0 Å². The highest BCUT2D eigenvalue weighted by atomic mass is 16.5. The number of hydrogen-bond donors (Lipinski definition) is 1. The van der Waals surface area contributed by atoms with E-state index in [1.54, 1.807) is 0 Å². The Kier molecular flexibility index (Phi) is 3.40. The van der Waals surface area contributed by atoms with Crippen LogP contribution >= 0.6 is 0 Å². The van der Waals surface area contributed by atoms with Gasteiger partial charge < -0.3 is 14.7 Å². The predicted molar refractivity (Wildman–Crippen MR) is 68.5 cm³/mol. The van der Waals surface area contributed by atoms with Crippen LogP contribution < -0.4 is 4.74 Å². The predicted octanol–water partition coefficient (Wildman–Crippen LogP) is 1.87. The summed E-state index contributed by atoms with van der Waals surface area (Å²) in [5, 5.41) is 9.78. The Morgan fingerprint density at radius 3 is 2.82 bits per heavy atom. The molecule has 1 aliphatic rings. The van der Waals surface area contributed by atoms with Crippen LogP contribution in [0.15, 0.2) is 24.3 Å². The molecule has 0 bridgehead atoms. The van der Waals surface area contributed by atoms with Gasteiger partial charge in [0.05, 0.1) is 12.2 Å². The molecule has 1 aliphatic heterocycles. The molecule has 1 atom stereocenters. The summed E-state index contributed by atoms with van der Waals surface area (Å²) in [4.78, 5) is 2.16. The highest BCUT2D eigenvalue weighted by molar-refractivity contribution is 5.39. The van der Waals surface area contributed by atoms with Crippen molar-refractivity contribution in [2.24, 2.45) is 0 Å². The molecule has 0 aliphatic carbocycles. The van der Waals surface area contributed by atoms with Crippen molar-refractivity contribution in [3.05, 3.63) is 29.8 Å². The summed E-state index contributed by atoms with van der Waals surface area (Å²) < 4.78 is 5.65. The van der Waals surface area contributed by atoms with E-state index in [-0.39, 0.29) is 0 Å². The molecule has 0 radical (unpaired) electrons. The molecule has 0 fully saturated rings. The molecule has 0 saturated heterocycles. The van der Waals surface area contributed by atoms with E-state index in [0.29, 0.717) is 12.5 Å². The minimum Gasteiger partial charge on any atom is -0.493 e. The van der Waals surface area contributed by atoms with Crippen LogP contribution in [0.25, 0.3) is 0 Å². The fourth-order valence-electron chi connectivity index (χ4n) is 2.48. The van der Waals surface area contributed by atoms with Crippen LogP contribution in [0, 0.1) is 0 Å². The summed E-state index contributed by atoms with van der Waals surface area (Å²) in [5.74, 6) is 1.42. The standard InChI is InChI=1S/C14H21NO2/c1-14(2,16)10-15(3)8-11-9-17-13-7-5-4-6-12(11)13/h4-7,11,16H,8-10H2,1-3H3. The van der Waals surface area contributed by atoms with Gasteiger partial charge in [-0.25, -0.2) is 0 Å². The number of benzene rings is 1. The Bertz CT molecular complexity index is 384. The number of nitrogens with zero attached hydrogens (tertiary/aromatic N) is 1. The van der Waals surface area contributed by atoms with Crippen LogP contribution in [-0.4, -0.2) is 42.4 Å². The molecule has 1 aromatic carbocycles.